The number of aliphatic hydroxyl groups is 1. The normalized spacial score (nSPS) is 30.2. The van der Waals surface area contributed by atoms with E-state index < -0.39 is 5.60 Å². The van der Waals surface area contributed by atoms with Crippen molar-refractivity contribution in [1.29, 1.82) is 0 Å². The molecular weight excluding hydrogens is 187 g/mol. The Bertz CT molecular complexity index is 206. The Morgan fingerprint density at radius 3 is 2.55 bits per heavy atom. The second-order valence-electron chi connectivity index (χ2n) is 3.00. The first-order valence-electron chi connectivity index (χ1n) is 3.28. The van der Waals surface area contributed by atoms with Crippen molar-refractivity contribution in [2.45, 2.75) is 25.9 Å². The molecule has 0 aliphatic heterocycles. The van der Waals surface area contributed by atoms with E-state index >= 15 is 0 Å². The van der Waals surface area contributed by atoms with E-state index in [9.17, 15) is 5.11 Å². The van der Waals surface area contributed by atoms with Gasteiger partial charge in [-0.3, -0.25) is 0 Å². The van der Waals surface area contributed by atoms with Crippen molar-refractivity contribution in [3.8, 4) is 0 Å². The predicted molar refractivity (Wildman–Crippen MR) is 48.7 cm³/mol. The van der Waals surface area contributed by atoms with Crippen LogP contribution in [0.2, 0.25) is 0 Å². The van der Waals surface area contributed by atoms with Gasteiger partial charge in [-0.1, -0.05) is 23.3 Å². The van der Waals surface area contributed by atoms with Crippen LogP contribution in [0, 0.1) is 0 Å². The predicted octanol–water partition coefficient (Wildman–Crippen LogP) is 1.83. The van der Waals surface area contributed by atoms with Gasteiger partial charge in [0.05, 0.1) is 5.60 Å². The average Bonchev–Trinajstić information content (AvgIpc) is 1.79. The van der Waals surface area contributed by atoms with Crippen molar-refractivity contribution in [2.24, 2.45) is 0 Å². The Morgan fingerprint density at radius 2 is 2.18 bits per heavy atom. The molecule has 1 rings (SSSR count). The third-order valence-corrected chi connectivity index (χ3v) is 2.07. The monoisotopic (exact) mass is 197 g/mol. The summed E-state index contributed by atoms with van der Waals surface area (Å²) in [6.07, 6.45) is 4.12. The van der Waals surface area contributed by atoms with Crippen LogP contribution in [0.3, 0.4) is 0 Å². The zero-order valence-corrected chi connectivity index (χ0v) is 11.1. The zero-order chi connectivity index (χ0) is 7.78. The smallest absolute Gasteiger partial charge is 0.0840 e. The summed E-state index contributed by atoms with van der Waals surface area (Å²) in [5.41, 5.74) is 0.358. The van der Waals surface area contributed by atoms with Crippen LogP contribution in [-0.4, -0.2) is 62.1 Å². The van der Waals surface area contributed by atoms with Crippen molar-refractivity contribution in [3.63, 3.8) is 0 Å². The molecule has 1 nitrogen and oxygen atoms in total. The molecule has 11 heavy (non-hydrogen) atoms. The first-order chi connectivity index (χ1) is 4.51. The summed E-state index contributed by atoms with van der Waals surface area (Å²) in [4.78, 5) is 0. The van der Waals surface area contributed by atoms with Gasteiger partial charge in [-0.05, 0) is 19.9 Å². The maximum Gasteiger partial charge on any atom is 0.0840 e. The van der Waals surface area contributed by atoms with Crippen LogP contribution in [0.15, 0.2) is 22.8 Å². The fraction of sp³-hybridized carbons (Fsp3) is 0.500. The van der Waals surface area contributed by atoms with Gasteiger partial charge in [-0.2, -0.15) is 0 Å². The Hall–Kier alpha value is 1.37. The molecule has 0 saturated heterocycles. The number of halogens is 1. The average molecular weight is 198 g/mol. The van der Waals surface area contributed by atoms with E-state index in [1.54, 1.807) is 19.1 Å². The first kappa shape index (κ1) is 12.4. The van der Waals surface area contributed by atoms with Crippen LogP contribution in [-0.2, 0) is 0 Å². The molecule has 0 spiro atoms. The summed E-state index contributed by atoms with van der Waals surface area (Å²) >= 11 is 5.78. The number of allylic oxidation sites excluding steroid dienone is 2. The molecule has 0 aromatic rings. The van der Waals surface area contributed by atoms with Gasteiger partial charge >= 0.3 is 0 Å². The maximum absolute atomic E-state index is 9.48. The van der Waals surface area contributed by atoms with E-state index in [1.165, 1.54) is 0 Å². The Kier molecular flexibility index (Phi) is 5.13. The van der Waals surface area contributed by atoms with Crippen molar-refractivity contribution in [2.75, 3.05) is 0 Å². The molecule has 0 heterocycles. The molecule has 1 aliphatic carbocycles. The molecule has 0 saturated carbocycles. The van der Waals surface area contributed by atoms with Gasteiger partial charge in [0.15, 0.2) is 0 Å². The van der Waals surface area contributed by atoms with E-state index in [4.69, 9.17) is 11.6 Å². The number of hydrogen-bond acceptors (Lipinski definition) is 1. The van der Waals surface area contributed by atoms with Crippen molar-refractivity contribution < 1.29 is 5.11 Å². The molecule has 1 atom stereocenters. The minimum atomic E-state index is -0.692. The fourth-order valence-electron chi connectivity index (χ4n) is 1.08. The Morgan fingerprint density at radius 1 is 1.64 bits per heavy atom. The van der Waals surface area contributed by atoms with E-state index in [1.807, 2.05) is 6.92 Å². The quantitative estimate of drug-likeness (QED) is 0.588. The topological polar surface area (TPSA) is 20.2 Å². The molecule has 0 aromatic heterocycles. The van der Waals surface area contributed by atoms with Crippen LogP contribution >= 0.6 is 11.6 Å². The van der Waals surface area contributed by atoms with Crippen LogP contribution in [0.5, 0.6) is 0 Å². The van der Waals surface area contributed by atoms with E-state index in [-0.39, 0.29) is 51.4 Å². The van der Waals surface area contributed by atoms with E-state index in [0.29, 0.717) is 6.42 Å². The van der Waals surface area contributed by atoms with Gasteiger partial charge < -0.3 is 5.11 Å². The van der Waals surface area contributed by atoms with Crippen LogP contribution in [0.1, 0.15) is 20.3 Å². The molecule has 1 radical (unpaired) electrons. The zero-order valence-electron chi connectivity index (χ0n) is 7.19. The summed E-state index contributed by atoms with van der Waals surface area (Å²) in [5.74, 6) is 0. The molecule has 1 aliphatic rings. The third-order valence-electron chi connectivity index (χ3n) is 1.62. The number of hydrogen-bond donors (Lipinski definition) is 1. The molecule has 0 fully saturated rings. The minimum absolute atomic E-state index is 0. The molecular formula is C8H11ClKO. The molecule has 57 valence electrons. The molecule has 1 unspecified atom stereocenters. The molecule has 0 bridgehead atoms. The van der Waals surface area contributed by atoms with Gasteiger partial charge in [0, 0.05) is 62.8 Å². The second kappa shape index (κ2) is 4.56. The van der Waals surface area contributed by atoms with Crippen LogP contribution in [0.4, 0.5) is 0 Å². The van der Waals surface area contributed by atoms with Gasteiger partial charge in [0.1, 0.15) is 0 Å². The molecule has 1 N–H and O–H groups in total. The van der Waals surface area contributed by atoms with Gasteiger partial charge in [-0.25, -0.2) is 0 Å². The minimum Gasteiger partial charge on any atom is -0.386 e. The molecule has 0 amide bonds. The second-order valence-corrected chi connectivity index (χ2v) is 3.40. The van der Waals surface area contributed by atoms with E-state index in [2.05, 4.69) is 0 Å². The van der Waals surface area contributed by atoms with Gasteiger partial charge in [-0.15, -0.1) is 0 Å². The standard InChI is InChI=1S/C8H11ClO.K/c1-6-5-8(2,10)4-3-7(6)9;/h3-4,10H,5H2,1-2H3;. The Labute approximate surface area is 115 Å². The maximum atomic E-state index is 9.48. The van der Waals surface area contributed by atoms with Crippen molar-refractivity contribution in [1.82, 2.24) is 0 Å². The molecule has 0 aromatic carbocycles. The van der Waals surface area contributed by atoms with Gasteiger partial charge in [0.25, 0.3) is 0 Å². The SMILES string of the molecule is CC1=C(Cl)C=CC(C)(O)C1.[K]. The van der Waals surface area contributed by atoms with E-state index in [0.717, 1.165) is 10.6 Å². The first-order valence-corrected chi connectivity index (χ1v) is 3.66. The Balaban J connectivity index is 0.000001000. The number of rotatable bonds is 0. The van der Waals surface area contributed by atoms with Gasteiger partial charge in [0.2, 0.25) is 0 Å². The van der Waals surface area contributed by atoms with Crippen LogP contribution < -0.4 is 0 Å². The van der Waals surface area contributed by atoms with Crippen LogP contribution in [0.25, 0.3) is 0 Å². The largest absolute Gasteiger partial charge is 0.386 e. The fourth-order valence-corrected chi connectivity index (χ4v) is 1.20. The molecule has 3 heteroatoms. The third kappa shape index (κ3) is 3.72. The summed E-state index contributed by atoms with van der Waals surface area (Å²) in [6, 6.07) is 0. The van der Waals surface area contributed by atoms with Crippen molar-refractivity contribution >= 4 is 63.0 Å². The summed E-state index contributed by atoms with van der Waals surface area (Å²) < 4.78 is 0. The summed E-state index contributed by atoms with van der Waals surface area (Å²) in [7, 11) is 0. The summed E-state index contributed by atoms with van der Waals surface area (Å²) in [6.45, 7) is 3.70. The van der Waals surface area contributed by atoms with Crippen molar-refractivity contribution in [3.05, 3.63) is 22.8 Å². The summed E-state index contributed by atoms with van der Waals surface area (Å²) in [5, 5.41) is 10.2.